The highest BCUT2D eigenvalue weighted by Gasteiger charge is 2.38. The van der Waals surface area contributed by atoms with Crippen LogP contribution in [0.4, 0.5) is 0 Å². The number of nitrogens with one attached hydrogen (secondary N) is 16. The predicted molar refractivity (Wildman–Crippen MR) is 515 cm³/mol. The summed E-state index contributed by atoms with van der Waals surface area (Å²) in [7, 11) is 0. The third-order valence-corrected chi connectivity index (χ3v) is 22.7. The summed E-state index contributed by atoms with van der Waals surface area (Å²) in [6, 6.07) is 9.44. The highest BCUT2D eigenvalue weighted by Crippen LogP contribution is 2.17. The van der Waals surface area contributed by atoms with Gasteiger partial charge in [-0.05, 0) is 210 Å². The van der Waals surface area contributed by atoms with Gasteiger partial charge in [-0.15, -0.1) is 0 Å². The molecule has 17 amide bonds. The van der Waals surface area contributed by atoms with E-state index in [-0.39, 0.29) is 128 Å². The van der Waals surface area contributed by atoms with E-state index in [1.165, 1.54) is 13.8 Å². The number of carbonyl (C=O) groups is 17. The van der Waals surface area contributed by atoms with Gasteiger partial charge < -0.3 is 125 Å². The lowest BCUT2D eigenvalue weighted by Gasteiger charge is -2.29. The molecule has 0 aliphatic rings. The third kappa shape index (κ3) is 49.0. The van der Waals surface area contributed by atoms with Gasteiger partial charge in [0.25, 0.3) is 0 Å². The van der Waals surface area contributed by atoms with E-state index >= 15 is 4.79 Å². The minimum absolute atomic E-state index is 0.000442. The number of carbonyl (C=O) groups excluding carboxylic acids is 17. The Labute approximate surface area is 795 Å². The van der Waals surface area contributed by atoms with Crippen LogP contribution < -0.4 is 125 Å². The average Bonchev–Trinajstić information content (AvgIpc) is 0.851. The summed E-state index contributed by atoms with van der Waals surface area (Å²) in [6.45, 7) is 11.7. The molecule has 0 saturated heterocycles. The zero-order valence-electron chi connectivity index (χ0n) is 80.2. The summed E-state index contributed by atoms with van der Waals surface area (Å²) in [4.78, 5) is 238. The van der Waals surface area contributed by atoms with Crippen molar-refractivity contribution in [1.29, 1.82) is 0 Å². The van der Waals surface area contributed by atoms with E-state index in [4.69, 9.17) is 40.1 Å². The van der Waals surface area contributed by atoms with Crippen molar-refractivity contribution >= 4 is 100 Å². The summed E-state index contributed by atoms with van der Waals surface area (Å²) >= 11 is 0. The third-order valence-electron chi connectivity index (χ3n) is 22.7. The molecule has 0 aliphatic carbocycles. The zero-order valence-corrected chi connectivity index (χ0v) is 80.2. The van der Waals surface area contributed by atoms with E-state index < -0.39 is 192 Å². The topological polar surface area (TPSA) is 665 Å². The molecule has 135 heavy (non-hydrogen) atoms. The van der Waals surface area contributed by atoms with Gasteiger partial charge in [0.2, 0.25) is 100 Å². The molecule has 0 fully saturated rings. The Kier molecular flexibility index (Phi) is 59.6. The first-order valence-corrected chi connectivity index (χ1v) is 48.0. The summed E-state index contributed by atoms with van der Waals surface area (Å²) in [6.07, 6.45) is 10.1. The van der Waals surface area contributed by atoms with Gasteiger partial charge in [0.15, 0.2) is 0 Å². The molecule has 0 bridgehead atoms. The van der Waals surface area contributed by atoms with Gasteiger partial charge in [0.1, 0.15) is 78.5 Å². The van der Waals surface area contributed by atoms with Crippen molar-refractivity contribution in [2.75, 3.05) is 58.9 Å². The van der Waals surface area contributed by atoms with Crippen molar-refractivity contribution in [3.05, 3.63) is 108 Å². The first-order chi connectivity index (χ1) is 64.6. The predicted octanol–water partition coefficient (Wildman–Crippen LogP) is -0.883. The van der Waals surface area contributed by atoms with Crippen molar-refractivity contribution in [2.45, 2.75) is 313 Å². The molecule has 3 aromatic carbocycles. The van der Waals surface area contributed by atoms with Crippen LogP contribution in [-0.2, 0) is 101 Å². The highest BCUT2D eigenvalue weighted by atomic mass is 16.2. The van der Waals surface area contributed by atoms with Crippen LogP contribution in [0.2, 0.25) is 0 Å². The van der Waals surface area contributed by atoms with Gasteiger partial charge in [-0.2, -0.15) is 0 Å². The second kappa shape index (κ2) is 68.4. The summed E-state index contributed by atoms with van der Waals surface area (Å²) in [5.74, 6) is -13.5. The molecule has 14 atom stereocenters. The fraction of sp³-hybridized carbons (Fsp3) is 0.632. The van der Waals surface area contributed by atoms with Crippen LogP contribution in [0.5, 0.6) is 0 Å². The molecule has 30 N–H and O–H groups in total. The van der Waals surface area contributed by atoms with Gasteiger partial charge in [-0.25, -0.2) is 0 Å². The number of unbranched alkanes of at least 4 members (excludes halogenated alkanes) is 10. The average molecular weight is 1890 g/mol. The van der Waals surface area contributed by atoms with Crippen LogP contribution in [0.15, 0.2) is 91.0 Å². The molecule has 0 radical (unpaired) electrons. The maximum Gasteiger partial charge on any atom is 0.243 e. The van der Waals surface area contributed by atoms with E-state index in [9.17, 15) is 76.7 Å². The first-order valence-electron chi connectivity index (χ1n) is 48.0. The summed E-state index contributed by atoms with van der Waals surface area (Å²) in [5.41, 5.74) is 42.7. The first kappa shape index (κ1) is 118. The van der Waals surface area contributed by atoms with Crippen LogP contribution in [0.1, 0.15) is 232 Å². The van der Waals surface area contributed by atoms with Crippen molar-refractivity contribution in [3.8, 4) is 0 Å². The Morgan fingerprint density at radius 2 is 0.556 bits per heavy atom. The normalized spacial score (nSPS) is 14.2. The number of rotatable bonds is 72. The number of nitrogens with two attached hydrogens (primary N) is 7. The van der Waals surface area contributed by atoms with E-state index in [0.29, 0.717) is 101 Å². The molecule has 40 nitrogen and oxygen atoms in total. The lowest BCUT2D eigenvalue weighted by molar-refractivity contribution is -0.136. The van der Waals surface area contributed by atoms with Crippen molar-refractivity contribution < 1.29 is 81.5 Å². The maximum atomic E-state index is 15.0. The standard InChI is InChI=1S/C95H157N23O17/c1-8-10-11-12-22-47-78(119)103-58-81(122)118-82(62(5)9-2)95(135)113-73(46-28-34-53-101)91(131)111-72(45-27-33-52-100)92(132)117-77(57-67-39-20-15-21-40-67)94(134)115-75(54-61(3)4)93(133)112-71(44-26-32-51-99)90(130)110-70(43-25-31-50-98)88(128)106-63(6)84(124)104-59-79(120)109-69(42-24-30-49-97)89(129)116-76(56-66-37-18-14-19-38-66)86(126)105-60-80(121)108-68(41-23-29-48-96)87(127)107-64(7)85(125)114-74(83(102)123)55-65-35-16-13-17-36-65/h13-21,35-40,61-64,68-77,82H,8-12,22-34,41-60,96-101H2,1-7H3,(H2,102,123)(H,103,119)(H,104,124)(H,105,126)(H,106,128)(H,107,127)(H,108,121)(H,109,120)(H,110,130)(H,111,131)(H,112,133)(H,113,135)(H,114,125)(H,115,134)(H,116,129)(H,117,132)(H,118,122)/t62-,63-,64-,68-,69-,70-,71-,72-,73-,74-,75-,76-,77-,82-/m0/s1. The van der Waals surface area contributed by atoms with E-state index in [1.54, 1.807) is 112 Å². The van der Waals surface area contributed by atoms with Gasteiger partial charge in [0.05, 0.1) is 19.6 Å². The molecular weight excluding hydrogens is 1740 g/mol. The van der Waals surface area contributed by atoms with Gasteiger partial charge in [-0.3, -0.25) is 81.5 Å². The highest BCUT2D eigenvalue weighted by molar-refractivity contribution is 6.00. The molecule has 40 heteroatoms. The minimum atomic E-state index is -1.40. The van der Waals surface area contributed by atoms with Crippen LogP contribution in [0.3, 0.4) is 0 Å². The maximum absolute atomic E-state index is 15.0. The quantitative estimate of drug-likeness (QED) is 0.0305. The molecule has 754 valence electrons. The molecule has 0 unspecified atom stereocenters. The lowest BCUT2D eigenvalue weighted by atomic mass is 9.97. The molecule has 3 rings (SSSR count). The van der Waals surface area contributed by atoms with E-state index in [2.05, 4.69) is 92.0 Å². The number of benzene rings is 3. The summed E-state index contributed by atoms with van der Waals surface area (Å²) < 4.78 is 0. The molecule has 0 heterocycles. The van der Waals surface area contributed by atoms with Crippen LogP contribution >= 0.6 is 0 Å². The monoisotopic (exact) mass is 1890 g/mol. The fourth-order valence-corrected chi connectivity index (χ4v) is 14.6. The van der Waals surface area contributed by atoms with Crippen molar-refractivity contribution in [2.24, 2.45) is 52.0 Å². The van der Waals surface area contributed by atoms with Crippen molar-refractivity contribution in [1.82, 2.24) is 85.1 Å². The second-order valence-corrected chi connectivity index (χ2v) is 34.8. The zero-order chi connectivity index (χ0) is 100.0. The fourth-order valence-electron chi connectivity index (χ4n) is 14.6. The largest absolute Gasteiger partial charge is 0.368 e. The molecule has 3 aromatic rings. The van der Waals surface area contributed by atoms with Gasteiger partial charge in [0, 0.05) is 25.7 Å². The Bertz CT molecular complexity index is 4120. The van der Waals surface area contributed by atoms with Crippen LogP contribution in [0.25, 0.3) is 0 Å². The van der Waals surface area contributed by atoms with Crippen molar-refractivity contribution in [3.63, 3.8) is 0 Å². The number of amides is 17. The van der Waals surface area contributed by atoms with Crippen LogP contribution in [0, 0.1) is 11.8 Å². The molecule has 0 aromatic heterocycles. The minimum Gasteiger partial charge on any atom is -0.368 e. The van der Waals surface area contributed by atoms with E-state index in [0.717, 1.165) is 31.2 Å². The molecule has 0 aliphatic heterocycles. The number of primary amides is 1. The SMILES string of the molecule is CCCCCCCC(=O)NCC(=O)N[C@H](C(=O)N[C@@H](CCCCN)C(=O)N[C@@H](CCCCN)C(=O)N[C@@H](Cc1ccccc1)C(=O)N[C@@H](CC(C)C)C(=O)N[C@@H](CCCCN)C(=O)N[C@@H](CCCCN)C(=O)N[C@@H](C)C(=O)NCC(=O)N[C@@H](CCCCN)C(=O)N[C@@H](Cc1ccccc1)C(=O)NCC(=O)N[C@@H](CCCCN)C(=O)N[C@@H](C)C(=O)N[C@@H](Cc1ccccc1)C(N)=O)[C@@H](C)CC. The Hall–Kier alpha value is -11.6. The Morgan fingerprint density at radius 3 is 0.919 bits per heavy atom. The Balaban J connectivity index is 1.84. The lowest BCUT2D eigenvalue weighted by Crippen LogP contribution is -2.61. The number of hydrogen-bond donors (Lipinski definition) is 23. The summed E-state index contributed by atoms with van der Waals surface area (Å²) in [5, 5.41) is 42.8. The smallest absolute Gasteiger partial charge is 0.243 e. The Morgan fingerprint density at radius 1 is 0.267 bits per heavy atom. The van der Waals surface area contributed by atoms with Crippen LogP contribution in [-0.4, -0.2) is 238 Å². The number of hydrogen-bond acceptors (Lipinski definition) is 23. The molecular formula is C95H157N23O17. The second-order valence-electron chi connectivity index (χ2n) is 34.8. The molecule has 0 saturated carbocycles. The molecule has 0 spiro atoms. The van der Waals surface area contributed by atoms with Gasteiger partial charge >= 0.3 is 0 Å². The van der Waals surface area contributed by atoms with Gasteiger partial charge in [-0.1, -0.05) is 158 Å². The van der Waals surface area contributed by atoms with E-state index in [1.807, 2.05) is 6.92 Å².